The maximum absolute atomic E-state index is 5.25. The number of hydrogen-bond acceptors (Lipinski definition) is 2. The number of anilines is 1. The molecule has 1 saturated carbocycles. The number of halogens is 1. The molecule has 0 radical (unpaired) electrons. The van der Waals surface area contributed by atoms with Crippen molar-refractivity contribution in [2.45, 2.75) is 19.3 Å². The molecule has 1 N–H and O–H groups in total. The Labute approximate surface area is 99.1 Å². The van der Waals surface area contributed by atoms with E-state index in [0.29, 0.717) is 0 Å². The van der Waals surface area contributed by atoms with Gasteiger partial charge in [-0.2, -0.15) is 0 Å². The van der Waals surface area contributed by atoms with E-state index in [-0.39, 0.29) is 0 Å². The van der Waals surface area contributed by atoms with Crippen LogP contribution in [-0.4, -0.2) is 13.7 Å². The largest absolute Gasteiger partial charge is 0.495 e. The fourth-order valence-corrected chi connectivity index (χ4v) is 2.14. The average molecular weight is 270 g/mol. The Morgan fingerprint density at radius 2 is 2.27 bits per heavy atom. The number of rotatable bonds is 4. The molecule has 1 aliphatic rings. The van der Waals surface area contributed by atoms with Gasteiger partial charge < -0.3 is 10.1 Å². The maximum Gasteiger partial charge on any atom is 0.135 e. The summed E-state index contributed by atoms with van der Waals surface area (Å²) in [7, 11) is 1.69. The van der Waals surface area contributed by atoms with Gasteiger partial charge in [-0.15, -0.1) is 0 Å². The zero-order valence-corrected chi connectivity index (χ0v) is 10.5. The minimum absolute atomic E-state index is 0.875. The quantitative estimate of drug-likeness (QED) is 0.901. The van der Waals surface area contributed by atoms with Gasteiger partial charge in [0, 0.05) is 18.3 Å². The van der Waals surface area contributed by atoms with E-state index >= 15 is 0 Å². The average Bonchev–Trinajstić information content (AvgIpc) is 2.18. The van der Waals surface area contributed by atoms with E-state index in [0.717, 1.165) is 28.4 Å². The predicted octanol–water partition coefficient (Wildman–Crippen LogP) is 3.67. The fraction of sp³-hybridized carbons (Fsp3) is 0.500. The highest BCUT2D eigenvalue weighted by Crippen LogP contribution is 2.30. The molecule has 0 heterocycles. The first-order chi connectivity index (χ1) is 7.29. The Morgan fingerprint density at radius 1 is 1.47 bits per heavy atom. The van der Waals surface area contributed by atoms with Crippen molar-refractivity contribution in [1.29, 1.82) is 0 Å². The van der Waals surface area contributed by atoms with Crippen molar-refractivity contribution in [1.82, 2.24) is 0 Å². The summed E-state index contributed by atoms with van der Waals surface area (Å²) in [6, 6.07) is 6.12. The van der Waals surface area contributed by atoms with E-state index in [1.807, 2.05) is 12.1 Å². The molecule has 0 amide bonds. The number of nitrogens with one attached hydrogen (secondary N) is 1. The molecule has 0 atom stereocenters. The number of hydrogen-bond donors (Lipinski definition) is 1. The Morgan fingerprint density at radius 3 is 2.87 bits per heavy atom. The van der Waals surface area contributed by atoms with Crippen molar-refractivity contribution in [2.75, 3.05) is 19.0 Å². The summed E-state index contributed by atoms with van der Waals surface area (Å²) >= 11 is 3.44. The summed E-state index contributed by atoms with van der Waals surface area (Å²) in [5.41, 5.74) is 1.14. The van der Waals surface area contributed by atoms with Crippen molar-refractivity contribution in [3.63, 3.8) is 0 Å². The minimum Gasteiger partial charge on any atom is -0.495 e. The Hall–Kier alpha value is -0.700. The Balaban J connectivity index is 1.95. The molecule has 0 aromatic heterocycles. The van der Waals surface area contributed by atoms with Crippen LogP contribution < -0.4 is 10.1 Å². The highest BCUT2D eigenvalue weighted by atomic mass is 79.9. The highest BCUT2D eigenvalue weighted by molar-refractivity contribution is 9.10. The lowest BCUT2D eigenvalue weighted by Crippen LogP contribution is -2.20. The van der Waals surface area contributed by atoms with Crippen LogP contribution in [0.4, 0.5) is 5.69 Å². The Kier molecular flexibility index (Phi) is 3.52. The van der Waals surface area contributed by atoms with Gasteiger partial charge in [-0.1, -0.05) is 6.42 Å². The van der Waals surface area contributed by atoms with Gasteiger partial charge in [0.1, 0.15) is 5.75 Å². The summed E-state index contributed by atoms with van der Waals surface area (Å²) < 4.78 is 6.25. The highest BCUT2D eigenvalue weighted by Gasteiger charge is 2.16. The topological polar surface area (TPSA) is 21.3 Å². The third kappa shape index (κ3) is 2.65. The lowest BCUT2D eigenvalue weighted by molar-refractivity contribution is 0.333. The second kappa shape index (κ2) is 4.88. The van der Waals surface area contributed by atoms with Crippen molar-refractivity contribution in [3.8, 4) is 5.75 Å². The van der Waals surface area contributed by atoms with Crippen molar-refractivity contribution in [2.24, 2.45) is 5.92 Å². The molecule has 2 rings (SSSR count). The predicted molar refractivity (Wildman–Crippen MR) is 66.5 cm³/mol. The smallest absolute Gasteiger partial charge is 0.135 e. The van der Waals surface area contributed by atoms with Crippen LogP contribution in [0, 0.1) is 5.92 Å². The minimum atomic E-state index is 0.875. The normalized spacial score (nSPS) is 15.9. The van der Waals surface area contributed by atoms with Crippen LogP contribution in [0.5, 0.6) is 5.75 Å². The van der Waals surface area contributed by atoms with Crippen LogP contribution in [0.25, 0.3) is 0 Å². The molecule has 1 fully saturated rings. The van der Waals surface area contributed by atoms with E-state index in [1.165, 1.54) is 19.3 Å². The van der Waals surface area contributed by atoms with Crippen LogP contribution in [0.15, 0.2) is 22.7 Å². The van der Waals surface area contributed by atoms with Crippen LogP contribution in [-0.2, 0) is 0 Å². The molecule has 2 nitrogen and oxygen atoms in total. The molecule has 0 spiro atoms. The first kappa shape index (κ1) is 10.8. The van der Waals surface area contributed by atoms with E-state index < -0.39 is 0 Å². The van der Waals surface area contributed by atoms with Gasteiger partial charge in [-0.05, 0) is 46.8 Å². The first-order valence-corrected chi connectivity index (χ1v) is 6.16. The fourth-order valence-electron chi connectivity index (χ4n) is 1.73. The van der Waals surface area contributed by atoms with E-state index in [2.05, 4.69) is 27.3 Å². The maximum atomic E-state index is 5.25. The standard InChI is InChI=1S/C12H16BrNO/c1-15-12-7-10(5-6-11(12)13)14-8-9-3-2-4-9/h5-7,9,14H,2-4,8H2,1H3. The van der Waals surface area contributed by atoms with E-state index in [9.17, 15) is 0 Å². The summed E-state index contributed by atoms with van der Waals surface area (Å²) in [5, 5.41) is 3.45. The van der Waals surface area contributed by atoms with Gasteiger partial charge >= 0.3 is 0 Å². The van der Waals surface area contributed by atoms with Gasteiger partial charge in [0.05, 0.1) is 11.6 Å². The monoisotopic (exact) mass is 269 g/mol. The van der Waals surface area contributed by atoms with E-state index in [4.69, 9.17) is 4.74 Å². The summed E-state index contributed by atoms with van der Waals surface area (Å²) in [6.45, 7) is 1.09. The second-order valence-corrected chi connectivity index (χ2v) is 4.88. The first-order valence-electron chi connectivity index (χ1n) is 5.37. The molecule has 82 valence electrons. The van der Waals surface area contributed by atoms with E-state index in [1.54, 1.807) is 7.11 Å². The number of ether oxygens (including phenoxy) is 1. The lowest BCUT2D eigenvalue weighted by Gasteiger charge is -2.25. The van der Waals surface area contributed by atoms with Crippen molar-refractivity contribution in [3.05, 3.63) is 22.7 Å². The molecule has 1 aromatic rings. The molecule has 3 heteroatoms. The van der Waals surface area contributed by atoms with Crippen molar-refractivity contribution < 1.29 is 4.74 Å². The number of methoxy groups -OCH3 is 1. The van der Waals surface area contributed by atoms with Gasteiger partial charge in [0.15, 0.2) is 0 Å². The molecule has 0 aliphatic heterocycles. The molecular weight excluding hydrogens is 254 g/mol. The van der Waals surface area contributed by atoms with Crippen LogP contribution in [0.2, 0.25) is 0 Å². The molecule has 0 unspecified atom stereocenters. The molecule has 0 saturated heterocycles. The van der Waals surface area contributed by atoms with Gasteiger partial charge in [0.25, 0.3) is 0 Å². The number of benzene rings is 1. The molecular formula is C12H16BrNO. The second-order valence-electron chi connectivity index (χ2n) is 4.03. The molecule has 0 bridgehead atoms. The zero-order chi connectivity index (χ0) is 10.7. The lowest BCUT2D eigenvalue weighted by atomic mass is 9.85. The van der Waals surface area contributed by atoms with Gasteiger partial charge in [-0.3, -0.25) is 0 Å². The Bertz CT molecular complexity index is 336. The van der Waals surface area contributed by atoms with Crippen molar-refractivity contribution >= 4 is 21.6 Å². The van der Waals surface area contributed by atoms with Gasteiger partial charge in [-0.25, -0.2) is 0 Å². The third-order valence-corrected chi connectivity index (χ3v) is 3.63. The van der Waals surface area contributed by atoms with Crippen LogP contribution in [0.1, 0.15) is 19.3 Å². The third-order valence-electron chi connectivity index (χ3n) is 2.97. The van der Waals surface area contributed by atoms with Crippen LogP contribution in [0.3, 0.4) is 0 Å². The van der Waals surface area contributed by atoms with Crippen LogP contribution >= 0.6 is 15.9 Å². The molecule has 1 aliphatic carbocycles. The molecule has 15 heavy (non-hydrogen) atoms. The summed E-state index contributed by atoms with van der Waals surface area (Å²) in [4.78, 5) is 0. The summed E-state index contributed by atoms with van der Waals surface area (Å²) in [6.07, 6.45) is 4.15. The summed E-state index contributed by atoms with van der Waals surface area (Å²) in [5.74, 6) is 1.76. The SMILES string of the molecule is COc1cc(NCC2CCC2)ccc1Br. The molecule has 1 aromatic carbocycles. The van der Waals surface area contributed by atoms with Gasteiger partial charge in [0.2, 0.25) is 0 Å². The zero-order valence-electron chi connectivity index (χ0n) is 8.92.